The molecule has 0 saturated heterocycles. The Bertz CT molecular complexity index is 612. The van der Waals surface area contributed by atoms with Crippen LogP contribution in [0.4, 0.5) is 5.95 Å². The molecular weight excluding hydrogens is 274 g/mol. The number of benzene rings is 1. The molecule has 0 fully saturated rings. The molecule has 5 heteroatoms. The van der Waals surface area contributed by atoms with Gasteiger partial charge in [0.05, 0.1) is 18.1 Å². The van der Waals surface area contributed by atoms with Gasteiger partial charge in [0.15, 0.2) is 0 Å². The maximum absolute atomic E-state index is 5.76. The Hall–Kier alpha value is -2.14. The van der Waals surface area contributed by atoms with Crippen LogP contribution in [0.5, 0.6) is 0 Å². The van der Waals surface area contributed by atoms with E-state index < -0.39 is 0 Å². The largest absolute Gasteiger partial charge is 0.368 e. The number of nitrogens with two attached hydrogens (primary N) is 1. The zero-order valence-electron chi connectivity index (χ0n) is 13.7. The summed E-state index contributed by atoms with van der Waals surface area (Å²) in [5, 5.41) is 4.32. The first-order valence-electron chi connectivity index (χ1n) is 7.71. The van der Waals surface area contributed by atoms with E-state index in [4.69, 9.17) is 5.73 Å². The average molecular weight is 299 g/mol. The molecule has 0 amide bonds. The van der Waals surface area contributed by atoms with E-state index in [9.17, 15) is 0 Å². The van der Waals surface area contributed by atoms with E-state index in [1.165, 1.54) is 18.4 Å². The van der Waals surface area contributed by atoms with Gasteiger partial charge in [-0.05, 0) is 38.1 Å². The quantitative estimate of drug-likeness (QED) is 0.800. The molecule has 1 aromatic carbocycles. The fourth-order valence-electron chi connectivity index (χ4n) is 2.25. The van der Waals surface area contributed by atoms with E-state index in [0.717, 1.165) is 24.3 Å². The van der Waals surface area contributed by atoms with Gasteiger partial charge in [0, 0.05) is 6.54 Å². The highest BCUT2D eigenvalue weighted by atomic mass is 15.4. The van der Waals surface area contributed by atoms with Crippen LogP contribution in [-0.2, 0) is 6.54 Å². The first-order valence-corrected chi connectivity index (χ1v) is 7.71. The molecule has 2 aromatic rings. The fraction of sp³-hybridized carbons (Fsp3) is 0.412. The van der Waals surface area contributed by atoms with Crippen molar-refractivity contribution in [3.05, 3.63) is 47.3 Å². The third kappa shape index (κ3) is 4.70. The molecule has 1 aromatic heterocycles. The van der Waals surface area contributed by atoms with Crippen molar-refractivity contribution in [2.24, 2.45) is 5.10 Å². The number of nitrogen functional groups attached to an aromatic ring is 1. The minimum absolute atomic E-state index is 0.405. The van der Waals surface area contributed by atoms with E-state index in [0.29, 0.717) is 5.95 Å². The molecule has 0 aliphatic rings. The molecule has 5 nitrogen and oxygen atoms in total. The number of imidazole rings is 1. The van der Waals surface area contributed by atoms with E-state index in [2.05, 4.69) is 53.2 Å². The topological polar surface area (TPSA) is 59.4 Å². The van der Waals surface area contributed by atoms with Crippen molar-refractivity contribution in [3.8, 4) is 0 Å². The molecule has 118 valence electrons. The highest BCUT2D eigenvalue weighted by Crippen LogP contribution is 2.07. The molecule has 0 unspecified atom stereocenters. The lowest BCUT2D eigenvalue weighted by atomic mass is 10.1. The van der Waals surface area contributed by atoms with Gasteiger partial charge in [0.2, 0.25) is 5.95 Å². The SMILES string of the molecule is CCCCN(C)Cc1ccc(C=Nn2cc(C)nc2N)cc1. The number of aryl methyl sites for hydroxylation is 1. The molecule has 0 aliphatic heterocycles. The van der Waals surface area contributed by atoms with Gasteiger partial charge in [-0.1, -0.05) is 37.6 Å². The van der Waals surface area contributed by atoms with Crippen LogP contribution in [0.3, 0.4) is 0 Å². The Kier molecular flexibility index (Phi) is 5.72. The van der Waals surface area contributed by atoms with Gasteiger partial charge < -0.3 is 10.6 Å². The van der Waals surface area contributed by atoms with Gasteiger partial charge in [0.25, 0.3) is 0 Å². The first kappa shape index (κ1) is 16.2. The standard InChI is InChI=1S/C17H25N5/c1-4-5-10-21(3)13-16-8-6-15(7-9-16)11-19-22-12-14(2)20-17(22)18/h6-9,11-12H,4-5,10,13H2,1-3H3,(H2,18,20). The first-order chi connectivity index (χ1) is 10.6. The molecule has 0 bridgehead atoms. The van der Waals surface area contributed by atoms with Crippen LogP contribution >= 0.6 is 0 Å². The van der Waals surface area contributed by atoms with Crippen LogP contribution in [0.15, 0.2) is 35.6 Å². The fourth-order valence-corrected chi connectivity index (χ4v) is 2.25. The Morgan fingerprint density at radius 1 is 1.32 bits per heavy atom. The Morgan fingerprint density at radius 2 is 2.05 bits per heavy atom. The van der Waals surface area contributed by atoms with Crippen LogP contribution in [-0.4, -0.2) is 34.4 Å². The van der Waals surface area contributed by atoms with Crippen molar-refractivity contribution in [2.75, 3.05) is 19.3 Å². The second-order valence-corrected chi connectivity index (χ2v) is 5.66. The van der Waals surface area contributed by atoms with Gasteiger partial charge in [-0.15, -0.1) is 0 Å². The van der Waals surface area contributed by atoms with Gasteiger partial charge in [-0.25, -0.2) is 9.66 Å². The zero-order valence-corrected chi connectivity index (χ0v) is 13.7. The van der Waals surface area contributed by atoms with E-state index >= 15 is 0 Å². The van der Waals surface area contributed by atoms with Crippen LogP contribution in [0, 0.1) is 6.92 Å². The predicted molar refractivity (Wildman–Crippen MR) is 92.1 cm³/mol. The predicted octanol–water partition coefficient (Wildman–Crippen LogP) is 2.89. The van der Waals surface area contributed by atoms with E-state index in [-0.39, 0.29) is 0 Å². The summed E-state index contributed by atoms with van der Waals surface area (Å²) < 4.78 is 1.59. The second-order valence-electron chi connectivity index (χ2n) is 5.66. The Labute approximate surface area is 132 Å². The third-order valence-corrected chi connectivity index (χ3v) is 3.49. The summed E-state index contributed by atoms with van der Waals surface area (Å²) in [6, 6.07) is 8.44. The molecule has 0 aliphatic carbocycles. The molecule has 2 rings (SSSR count). The lowest BCUT2D eigenvalue weighted by Crippen LogP contribution is -2.18. The van der Waals surface area contributed by atoms with E-state index in [1.807, 2.05) is 13.1 Å². The van der Waals surface area contributed by atoms with Crippen molar-refractivity contribution in [3.63, 3.8) is 0 Å². The van der Waals surface area contributed by atoms with E-state index in [1.54, 1.807) is 10.9 Å². The lowest BCUT2D eigenvalue weighted by Gasteiger charge is -2.16. The molecule has 0 radical (unpaired) electrons. The van der Waals surface area contributed by atoms with Gasteiger partial charge in [-0.2, -0.15) is 5.10 Å². The lowest BCUT2D eigenvalue weighted by molar-refractivity contribution is 0.321. The third-order valence-electron chi connectivity index (χ3n) is 3.49. The van der Waals surface area contributed by atoms with Crippen molar-refractivity contribution >= 4 is 12.2 Å². The number of anilines is 1. The minimum atomic E-state index is 0.405. The minimum Gasteiger partial charge on any atom is -0.368 e. The molecule has 0 saturated carbocycles. The average Bonchev–Trinajstić information content (AvgIpc) is 2.82. The summed E-state index contributed by atoms with van der Waals surface area (Å²) in [6.07, 6.45) is 6.08. The molecule has 22 heavy (non-hydrogen) atoms. The molecule has 1 heterocycles. The van der Waals surface area contributed by atoms with Crippen LogP contribution in [0.2, 0.25) is 0 Å². The van der Waals surface area contributed by atoms with Crippen molar-refractivity contribution in [1.82, 2.24) is 14.6 Å². The van der Waals surface area contributed by atoms with Gasteiger partial charge in [-0.3, -0.25) is 0 Å². The number of unbranched alkanes of at least 4 members (excludes halogenated alkanes) is 1. The molecule has 0 spiro atoms. The van der Waals surface area contributed by atoms with Crippen LogP contribution in [0.25, 0.3) is 0 Å². The summed E-state index contributed by atoms with van der Waals surface area (Å²) in [7, 11) is 2.16. The second kappa shape index (κ2) is 7.75. The molecular formula is C17H25N5. The number of aromatic nitrogens is 2. The number of nitrogens with zero attached hydrogens (tertiary/aromatic N) is 4. The van der Waals surface area contributed by atoms with Gasteiger partial charge in [0.1, 0.15) is 0 Å². The zero-order chi connectivity index (χ0) is 15.9. The van der Waals surface area contributed by atoms with Gasteiger partial charge >= 0.3 is 0 Å². The normalized spacial score (nSPS) is 11.6. The molecule has 0 atom stereocenters. The number of hydrogen-bond donors (Lipinski definition) is 1. The van der Waals surface area contributed by atoms with Crippen LogP contribution in [0.1, 0.15) is 36.6 Å². The summed E-state index contributed by atoms with van der Waals surface area (Å²) in [5.74, 6) is 0.405. The van der Waals surface area contributed by atoms with Crippen molar-refractivity contribution < 1.29 is 0 Å². The maximum atomic E-state index is 5.76. The number of hydrogen-bond acceptors (Lipinski definition) is 4. The summed E-state index contributed by atoms with van der Waals surface area (Å²) in [4.78, 5) is 6.46. The smallest absolute Gasteiger partial charge is 0.221 e. The molecule has 2 N–H and O–H groups in total. The Balaban J connectivity index is 1.95. The highest BCUT2D eigenvalue weighted by Gasteiger charge is 2.01. The van der Waals surface area contributed by atoms with Crippen molar-refractivity contribution in [1.29, 1.82) is 0 Å². The highest BCUT2D eigenvalue weighted by molar-refractivity contribution is 5.79. The Morgan fingerprint density at radius 3 is 2.64 bits per heavy atom. The maximum Gasteiger partial charge on any atom is 0.221 e. The summed E-state index contributed by atoms with van der Waals surface area (Å²) in [6.45, 7) is 6.23. The summed E-state index contributed by atoms with van der Waals surface area (Å²) in [5.41, 5.74) is 8.98. The van der Waals surface area contributed by atoms with Crippen molar-refractivity contribution in [2.45, 2.75) is 33.2 Å². The van der Waals surface area contributed by atoms with Crippen LogP contribution < -0.4 is 5.73 Å². The summed E-state index contributed by atoms with van der Waals surface area (Å²) >= 11 is 0. The monoisotopic (exact) mass is 299 g/mol. The number of rotatable bonds is 7.